The molecule has 0 bridgehead atoms. The number of hydrogen-bond donors (Lipinski definition) is 3. The second-order valence-electron chi connectivity index (χ2n) is 5.13. The second-order valence-corrected chi connectivity index (χ2v) is 5.13. The first-order valence-corrected chi connectivity index (χ1v) is 6.60. The normalized spacial score (nSPS) is 11.2. The highest BCUT2D eigenvalue weighted by Gasteiger charge is 2.07. The third-order valence-corrected chi connectivity index (χ3v) is 3.24. The van der Waals surface area contributed by atoms with Crippen molar-refractivity contribution in [3.8, 4) is 0 Å². The van der Waals surface area contributed by atoms with Gasteiger partial charge < -0.3 is 11.1 Å². The number of nitrogens with zero attached hydrogens (tertiary/aromatic N) is 2. The molecule has 0 aliphatic heterocycles. The highest BCUT2D eigenvalue weighted by Crippen LogP contribution is 2.25. The zero-order valence-electron chi connectivity index (χ0n) is 11.5. The molecule has 3 rings (SSSR count). The molecule has 4 N–H and O–H groups in total. The fourth-order valence-corrected chi connectivity index (χ4v) is 2.06. The van der Waals surface area contributed by atoms with E-state index in [0.29, 0.717) is 17.4 Å². The molecule has 0 amide bonds. The highest BCUT2D eigenvalue weighted by molar-refractivity contribution is 5.83. The van der Waals surface area contributed by atoms with E-state index in [9.17, 15) is 0 Å². The van der Waals surface area contributed by atoms with E-state index >= 15 is 0 Å². The van der Waals surface area contributed by atoms with Crippen LogP contribution >= 0.6 is 0 Å². The SMILES string of the molecule is CC(C)c1ccc(N)c(Nc2ccc3[nH]ncc3c2)n1. The Morgan fingerprint density at radius 1 is 1.20 bits per heavy atom. The summed E-state index contributed by atoms with van der Waals surface area (Å²) >= 11 is 0. The van der Waals surface area contributed by atoms with Gasteiger partial charge in [0.15, 0.2) is 5.82 Å². The van der Waals surface area contributed by atoms with Gasteiger partial charge in [-0.1, -0.05) is 13.8 Å². The molecular weight excluding hydrogens is 250 g/mol. The fourth-order valence-electron chi connectivity index (χ4n) is 2.06. The largest absolute Gasteiger partial charge is 0.396 e. The van der Waals surface area contributed by atoms with Crippen LogP contribution in [0.25, 0.3) is 10.9 Å². The molecule has 0 radical (unpaired) electrons. The van der Waals surface area contributed by atoms with E-state index in [2.05, 4.69) is 34.3 Å². The van der Waals surface area contributed by atoms with Crippen molar-refractivity contribution in [3.63, 3.8) is 0 Å². The highest BCUT2D eigenvalue weighted by atomic mass is 15.1. The summed E-state index contributed by atoms with van der Waals surface area (Å²) in [6.07, 6.45) is 1.79. The van der Waals surface area contributed by atoms with Gasteiger partial charge in [0.05, 0.1) is 17.4 Å². The molecule has 0 atom stereocenters. The van der Waals surface area contributed by atoms with Crippen molar-refractivity contribution in [1.82, 2.24) is 15.2 Å². The second kappa shape index (κ2) is 4.85. The van der Waals surface area contributed by atoms with Gasteiger partial charge in [0, 0.05) is 16.8 Å². The van der Waals surface area contributed by atoms with Crippen LogP contribution < -0.4 is 11.1 Å². The Hall–Kier alpha value is -2.56. The van der Waals surface area contributed by atoms with Crippen LogP contribution in [0.4, 0.5) is 17.2 Å². The van der Waals surface area contributed by atoms with Crippen molar-refractivity contribution < 1.29 is 0 Å². The van der Waals surface area contributed by atoms with Crippen LogP contribution in [-0.4, -0.2) is 15.2 Å². The lowest BCUT2D eigenvalue weighted by Crippen LogP contribution is -2.02. The number of hydrogen-bond acceptors (Lipinski definition) is 4. The number of anilines is 3. The predicted octanol–water partition coefficient (Wildman–Crippen LogP) is 3.41. The molecule has 20 heavy (non-hydrogen) atoms. The van der Waals surface area contributed by atoms with Gasteiger partial charge >= 0.3 is 0 Å². The van der Waals surface area contributed by atoms with Gasteiger partial charge in [-0.15, -0.1) is 0 Å². The summed E-state index contributed by atoms with van der Waals surface area (Å²) in [6, 6.07) is 9.82. The lowest BCUT2D eigenvalue weighted by atomic mass is 10.1. The number of H-pyrrole nitrogens is 1. The van der Waals surface area contributed by atoms with E-state index in [4.69, 9.17) is 5.73 Å². The van der Waals surface area contributed by atoms with Gasteiger partial charge in [-0.25, -0.2) is 4.98 Å². The molecule has 5 nitrogen and oxygen atoms in total. The van der Waals surface area contributed by atoms with Crippen LogP contribution in [-0.2, 0) is 0 Å². The minimum absolute atomic E-state index is 0.368. The maximum atomic E-state index is 5.99. The minimum atomic E-state index is 0.368. The third-order valence-electron chi connectivity index (χ3n) is 3.24. The number of pyridine rings is 1. The summed E-state index contributed by atoms with van der Waals surface area (Å²) < 4.78 is 0. The lowest BCUT2D eigenvalue weighted by molar-refractivity contribution is 0.825. The summed E-state index contributed by atoms with van der Waals surface area (Å²) in [6.45, 7) is 4.22. The van der Waals surface area contributed by atoms with E-state index in [1.165, 1.54) is 0 Å². The predicted molar refractivity (Wildman–Crippen MR) is 82.1 cm³/mol. The summed E-state index contributed by atoms with van der Waals surface area (Å²) in [4.78, 5) is 4.58. The van der Waals surface area contributed by atoms with Crippen molar-refractivity contribution in [2.75, 3.05) is 11.1 Å². The molecule has 102 valence electrons. The Morgan fingerprint density at radius 3 is 2.85 bits per heavy atom. The molecular formula is C15H17N5. The van der Waals surface area contributed by atoms with Gasteiger partial charge in [-0.2, -0.15) is 5.10 Å². The van der Waals surface area contributed by atoms with Gasteiger partial charge in [-0.3, -0.25) is 5.10 Å². The number of nitrogen functional groups attached to an aromatic ring is 1. The molecule has 3 aromatic rings. The van der Waals surface area contributed by atoms with Crippen LogP contribution in [0.1, 0.15) is 25.5 Å². The van der Waals surface area contributed by atoms with E-state index in [1.54, 1.807) is 6.20 Å². The number of benzene rings is 1. The Morgan fingerprint density at radius 2 is 2.05 bits per heavy atom. The molecule has 0 aliphatic carbocycles. The molecule has 0 spiro atoms. The Balaban J connectivity index is 1.95. The molecule has 5 heteroatoms. The maximum absolute atomic E-state index is 5.99. The van der Waals surface area contributed by atoms with E-state index in [-0.39, 0.29) is 0 Å². The summed E-state index contributed by atoms with van der Waals surface area (Å²) in [5.74, 6) is 1.06. The Labute approximate surface area is 117 Å². The standard InChI is InChI=1S/C15H17N5/c1-9(2)13-6-4-12(16)15(19-13)18-11-3-5-14-10(7-11)8-17-20-14/h3-9H,16H2,1-2H3,(H,17,20)(H,18,19). The molecule has 0 saturated heterocycles. The van der Waals surface area contributed by atoms with Crippen molar-refractivity contribution in [3.05, 3.63) is 42.2 Å². The molecule has 1 aromatic carbocycles. The van der Waals surface area contributed by atoms with Crippen molar-refractivity contribution in [2.24, 2.45) is 0 Å². The first-order chi connectivity index (χ1) is 9.63. The maximum Gasteiger partial charge on any atom is 0.153 e. The van der Waals surface area contributed by atoms with Gasteiger partial charge in [-0.05, 0) is 36.2 Å². The Bertz CT molecular complexity index is 745. The van der Waals surface area contributed by atoms with Crippen LogP contribution in [0.5, 0.6) is 0 Å². The summed E-state index contributed by atoms with van der Waals surface area (Å²) in [7, 11) is 0. The topological polar surface area (TPSA) is 79.6 Å². The van der Waals surface area contributed by atoms with Crippen molar-refractivity contribution >= 4 is 28.1 Å². The number of nitrogens with one attached hydrogen (secondary N) is 2. The molecule has 0 fully saturated rings. The zero-order valence-corrected chi connectivity index (χ0v) is 11.5. The van der Waals surface area contributed by atoms with Crippen molar-refractivity contribution in [1.29, 1.82) is 0 Å². The van der Waals surface area contributed by atoms with Gasteiger partial charge in [0.1, 0.15) is 0 Å². The quantitative estimate of drug-likeness (QED) is 0.679. The van der Waals surface area contributed by atoms with Gasteiger partial charge in [0.25, 0.3) is 0 Å². The molecule has 2 heterocycles. The Kier molecular flexibility index (Phi) is 3.02. The third kappa shape index (κ3) is 2.30. The number of rotatable bonds is 3. The average Bonchev–Trinajstić information content (AvgIpc) is 2.88. The van der Waals surface area contributed by atoms with Crippen LogP contribution in [0.3, 0.4) is 0 Å². The fraction of sp³-hybridized carbons (Fsp3) is 0.200. The number of nitrogens with two attached hydrogens (primary N) is 1. The van der Waals surface area contributed by atoms with E-state index in [1.807, 2.05) is 30.3 Å². The van der Waals surface area contributed by atoms with Crippen LogP contribution in [0, 0.1) is 0 Å². The summed E-state index contributed by atoms with van der Waals surface area (Å²) in [5, 5.41) is 11.3. The smallest absolute Gasteiger partial charge is 0.153 e. The van der Waals surface area contributed by atoms with E-state index < -0.39 is 0 Å². The van der Waals surface area contributed by atoms with Crippen LogP contribution in [0.15, 0.2) is 36.5 Å². The molecule has 0 saturated carbocycles. The number of aromatic amines is 1. The average molecular weight is 267 g/mol. The lowest BCUT2D eigenvalue weighted by Gasteiger charge is -2.12. The minimum Gasteiger partial charge on any atom is -0.396 e. The number of fused-ring (bicyclic) bond motifs is 1. The zero-order chi connectivity index (χ0) is 14.1. The van der Waals surface area contributed by atoms with Gasteiger partial charge in [0.2, 0.25) is 0 Å². The molecule has 0 unspecified atom stereocenters. The number of aromatic nitrogens is 3. The van der Waals surface area contributed by atoms with Crippen molar-refractivity contribution in [2.45, 2.75) is 19.8 Å². The molecule has 0 aliphatic rings. The monoisotopic (exact) mass is 267 g/mol. The van der Waals surface area contributed by atoms with E-state index in [0.717, 1.165) is 22.3 Å². The first kappa shape index (κ1) is 12.5. The van der Waals surface area contributed by atoms with Crippen LogP contribution in [0.2, 0.25) is 0 Å². The first-order valence-electron chi connectivity index (χ1n) is 6.60. The summed E-state index contributed by atoms with van der Waals surface area (Å²) in [5.41, 5.74) is 9.60. The molecule has 2 aromatic heterocycles.